The van der Waals surface area contributed by atoms with Crippen molar-refractivity contribution in [2.24, 2.45) is 11.8 Å². The third-order valence-electron chi connectivity index (χ3n) is 4.37. The van der Waals surface area contributed by atoms with E-state index in [-0.39, 0.29) is 24.8 Å². The molecule has 0 saturated heterocycles. The molecule has 3 N–H and O–H groups in total. The second-order valence-corrected chi connectivity index (χ2v) is 6.16. The molecule has 0 amide bonds. The van der Waals surface area contributed by atoms with Crippen LogP contribution in [0.4, 0.5) is 8.78 Å². The molecule has 20 heavy (non-hydrogen) atoms. The third-order valence-corrected chi connectivity index (χ3v) is 4.37. The molecule has 0 aliphatic heterocycles. The average molecular weight is 282 g/mol. The van der Waals surface area contributed by atoms with Gasteiger partial charge in [0.2, 0.25) is 5.92 Å². The van der Waals surface area contributed by atoms with Crippen LogP contribution in [0.25, 0.3) is 0 Å². The highest BCUT2D eigenvalue weighted by Gasteiger charge is 2.37. The van der Waals surface area contributed by atoms with Gasteiger partial charge in [-0.3, -0.25) is 11.3 Å². The van der Waals surface area contributed by atoms with Gasteiger partial charge in [0.05, 0.1) is 0 Å². The van der Waals surface area contributed by atoms with Crippen LogP contribution in [0.3, 0.4) is 0 Å². The Morgan fingerprint density at radius 1 is 1.10 bits per heavy atom. The van der Waals surface area contributed by atoms with Gasteiger partial charge in [-0.25, -0.2) is 8.78 Å². The van der Waals surface area contributed by atoms with Gasteiger partial charge in [0.25, 0.3) is 0 Å². The molecule has 4 heteroatoms. The van der Waals surface area contributed by atoms with Gasteiger partial charge >= 0.3 is 0 Å². The maximum absolute atomic E-state index is 13.2. The van der Waals surface area contributed by atoms with Crippen molar-refractivity contribution in [2.75, 3.05) is 0 Å². The minimum absolute atomic E-state index is 0.0279. The largest absolute Gasteiger partial charge is 0.271 e. The molecule has 0 radical (unpaired) electrons. The maximum atomic E-state index is 13.2. The molecule has 1 aromatic carbocycles. The Morgan fingerprint density at radius 2 is 1.60 bits per heavy atom. The van der Waals surface area contributed by atoms with E-state index < -0.39 is 5.92 Å². The van der Waals surface area contributed by atoms with Crippen LogP contribution in [0.5, 0.6) is 0 Å². The molecule has 2 rings (SSSR count). The van der Waals surface area contributed by atoms with Gasteiger partial charge in [0.15, 0.2) is 0 Å². The van der Waals surface area contributed by atoms with E-state index in [9.17, 15) is 8.78 Å². The summed E-state index contributed by atoms with van der Waals surface area (Å²) in [6, 6.07) is 8.29. The van der Waals surface area contributed by atoms with Crippen LogP contribution in [0, 0.1) is 5.92 Å². The Kier molecular flexibility index (Phi) is 4.76. The van der Waals surface area contributed by atoms with Crippen molar-refractivity contribution < 1.29 is 8.78 Å². The Hall–Kier alpha value is -1.00. The molecule has 1 unspecified atom stereocenters. The predicted octanol–water partition coefficient (Wildman–Crippen LogP) is 4.14. The quantitative estimate of drug-likeness (QED) is 0.643. The number of benzene rings is 1. The number of nitrogens with one attached hydrogen (secondary N) is 1. The van der Waals surface area contributed by atoms with Gasteiger partial charge in [0, 0.05) is 18.9 Å². The minimum atomic E-state index is -2.49. The number of rotatable bonds is 4. The molecular formula is C16H24F2N2. The number of alkyl halides is 2. The number of hydrogen-bond acceptors (Lipinski definition) is 2. The van der Waals surface area contributed by atoms with Crippen LogP contribution in [0.2, 0.25) is 0 Å². The highest BCUT2D eigenvalue weighted by molar-refractivity contribution is 5.27. The zero-order chi connectivity index (χ0) is 14.8. The third kappa shape index (κ3) is 3.55. The summed E-state index contributed by atoms with van der Waals surface area (Å²) >= 11 is 0. The summed E-state index contributed by atoms with van der Waals surface area (Å²) in [5.74, 6) is 3.85. The van der Waals surface area contributed by atoms with Crippen LogP contribution < -0.4 is 11.3 Å². The maximum Gasteiger partial charge on any atom is 0.248 e. The summed E-state index contributed by atoms with van der Waals surface area (Å²) in [6.45, 7) is 4.30. The van der Waals surface area contributed by atoms with E-state index in [1.165, 1.54) is 5.56 Å². The minimum Gasteiger partial charge on any atom is -0.271 e. The number of nitrogens with two attached hydrogens (primary N) is 1. The van der Waals surface area contributed by atoms with Crippen LogP contribution >= 0.6 is 0 Å². The van der Waals surface area contributed by atoms with Crippen molar-refractivity contribution >= 4 is 0 Å². The predicted molar refractivity (Wildman–Crippen MR) is 77.5 cm³/mol. The van der Waals surface area contributed by atoms with Crippen LogP contribution in [-0.4, -0.2) is 5.92 Å². The number of halogens is 2. The summed E-state index contributed by atoms with van der Waals surface area (Å²) < 4.78 is 26.5. The van der Waals surface area contributed by atoms with Gasteiger partial charge in [-0.15, -0.1) is 0 Å². The van der Waals surface area contributed by atoms with Gasteiger partial charge < -0.3 is 0 Å². The van der Waals surface area contributed by atoms with E-state index in [1.54, 1.807) is 0 Å². The van der Waals surface area contributed by atoms with Crippen LogP contribution in [-0.2, 0) is 0 Å². The molecule has 1 aliphatic rings. The second-order valence-electron chi connectivity index (χ2n) is 6.16. The van der Waals surface area contributed by atoms with E-state index >= 15 is 0 Å². The van der Waals surface area contributed by atoms with Gasteiger partial charge in [0.1, 0.15) is 0 Å². The van der Waals surface area contributed by atoms with Crippen molar-refractivity contribution in [1.82, 2.24) is 5.43 Å². The molecular weight excluding hydrogens is 258 g/mol. The molecule has 1 atom stereocenters. The van der Waals surface area contributed by atoms with Crippen LogP contribution in [0.1, 0.15) is 62.6 Å². The Labute approximate surface area is 119 Å². The first kappa shape index (κ1) is 15.4. The Bertz CT molecular complexity index is 419. The fraction of sp³-hybridized carbons (Fsp3) is 0.625. The summed E-state index contributed by atoms with van der Waals surface area (Å²) in [6.07, 6.45) is 0.988. The summed E-state index contributed by atoms with van der Waals surface area (Å²) in [7, 11) is 0. The highest BCUT2D eigenvalue weighted by Crippen LogP contribution is 2.41. The van der Waals surface area contributed by atoms with E-state index in [2.05, 4.69) is 43.5 Å². The molecule has 0 bridgehead atoms. The number of hydrazine groups is 1. The molecule has 112 valence electrons. The molecule has 0 aromatic heterocycles. The molecule has 1 fully saturated rings. The topological polar surface area (TPSA) is 38.0 Å². The average Bonchev–Trinajstić information content (AvgIpc) is 2.42. The first-order chi connectivity index (χ1) is 9.43. The molecule has 1 aliphatic carbocycles. The number of hydrogen-bond donors (Lipinski definition) is 2. The lowest BCUT2D eigenvalue weighted by Crippen LogP contribution is -2.37. The van der Waals surface area contributed by atoms with Gasteiger partial charge in [-0.2, -0.15) is 0 Å². The smallest absolute Gasteiger partial charge is 0.248 e. The molecule has 1 saturated carbocycles. The first-order valence-electron chi connectivity index (χ1n) is 7.37. The molecule has 0 heterocycles. The Balaban J connectivity index is 2.08. The van der Waals surface area contributed by atoms with Crippen molar-refractivity contribution in [3.05, 3.63) is 35.4 Å². The zero-order valence-corrected chi connectivity index (χ0v) is 12.2. The second kappa shape index (κ2) is 6.19. The van der Waals surface area contributed by atoms with E-state index in [1.807, 2.05) is 0 Å². The van der Waals surface area contributed by atoms with E-state index in [0.29, 0.717) is 18.8 Å². The highest BCUT2D eigenvalue weighted by atomic mass is 19.3. The summed E-state index contributed by atoms with van der Waals surface area (Å²) in [5, 5.41) is 0. The normalized spacial score (nSPS) is 21.1. The lowest BCUT2D eigenvalue weighted by atomic mass is 9.79. The van der Waals surface area contributed by atoms with Crippen molar-refractivity contribution in [2.45, 2.75) is 57.4 Å². The fourth-order valence-corrected chi connectivity index (χ4v) is 2.99. The van der Waals surface area contributed by atoms with Gasteiger partial charge in [-0.05, 0) is 35.8 Å². The van der Waals surface area contributed by atoms with E-state index in [0.717, 1.165) is 5.56 Å². The standard InChI is InChI=1S/C16H24F2N2/c1-11(2)12-3-5-13(6-4-12)15(20-19)14-7-9-16(17,18)10-8-14/h3-6,11,14-15,20H,7-10,19H2,1-2H3. The summed E-state index contributed by atoms with van der Waals surface area (Å²) in [4.78, 5) is 0. The fourth-order valence-electron chi connectivity index (χ4n) is 2.99. The monoisotopic (exact) mass is 282 g/mol. The molecule has 2 nitrogen and oxygen atoms in total. The van der Waals surface area contributed by atoms with Gasteiger partial charge in [-0.1, -0.05) is 38.1 Å². The van der Waals surface area contributed by atoms with Crippen molar-refractivity contribution in [3.8, 4) is 0 Å². The van der Waals surface area contributed by atoms with Crippen molar-refractivity contribution in [1.29, 1.82) is 0 Å². The van der Waals surface area contributed by atoms with Crippen molar-refractivity contribution in [3.63, 3.8) is 0 Å². The lowest BCUT2D eigenvalue weighted by Gasteiger charge is -2.33. The summed E-state index contributed by atoms with van der Waals surface area (Å²) in [5.41, 5.74) is 5.19. The lowest BCUT2D eigenvalue weighted by molar-refractivity contribution is -0.0497. The van der Waals surface area contributed by atoms with E-state index in [4.69, 9.17) is 5.84 Å². The zero-order valence-electron chi connectivity index (χ0n) is 12.2. The SMILES string of the molecule is CC(C)c1ccc(C(NN)C2CCC(F)(F)CC2)cc1. The Morgan fingerprint density at radius 3 is 2.05 bits per heavy atom. The first-order valence-corrected chi connectivity index (χ1v) is 7.37. The molecule has 0 spiro atoms. The molecule has 1 aromatic rings. The van der Waals surface area contributed by atoms with Crippen LogP contribution in [0.15, 0.2) is 24.3 Å².